The first-order valence-corrected chi connectivity index (χ1v) is 11.2. The predicted octanol–water partition coefficient (Wildman–Crippen LogP) is 3.13. The lowest BCUT2D eigenvalue weighted by atomic mass is 10.1. The van der Waals surface area contributed by atoms with Crippen LogP contribution in [0.15, 0.2) is 48.5 Å². The van der Waals surface area contributed by atoms with Crippen molar-refractivity contribution in [2.24, 2.45) is 0 Å². The van der Waals surface area contributed by atoms with Gasteiger partial charge >= 0.3 is 0 Å². The van der Waals surface area contributed by atoms with E-state index in [0.29, 0.717) is 23.8 Å². The average Bonchev–Trinajstić information content (AvgIpc) is 2.70. The zero-order valence-corrected chi connectivity index (χ0v) is 18.0. The number of amides is 1. The molecule has 0 spiro atoms. The van der Waals surface area contributed by atoms with Gasteiger partial charge in [-0.2, -0.15) is 0 Å². The molecule has 0 aliphatic carbocycles. The van der Waals surface area contributed by atoms with Crippen LogP contribution in [-0.2, 0) is 14.8 Å². The van der Waals surface area contributed by atoms with E-state index in [-0.39, 0.29) is 12.6 Å². The van der Waals surface area contributed by atoms with Crippen molar-refractivity contribution in [1.82, 2.24) is 5.32 Å². The van der Waals surface area contributed by atoms with Crippen LogP contribution in [0.1, 0.15) is 31.9 Å². The van der Waals surface area contributed by atoms with E-state index in [1.807, 2.05) is 38.1 Å². The summed E-state index contributed by atoms with van der Waals surface area (Å²) in [7, 11) is -2.09. The summed E-state index contributed by atoms with van der Waals surface area (Å²) < 4.78 is 36.5. The van der Waals surface area contributed by atoms with Crippen LogP contribution in [0.3, 0.4) is 0 Å². The molecule has 8 heteroatoms. The van der Waals surface area contributed by atoms with Gasteiger partial charge in [0.25, 0.3) is 0 Å². The fraction of sp³-hybridized carbons (Fsp3) is 0.381. The molecule has 29 heavy (non-hydrogen) atoms. The summed E-state index contributed by atoms with van der Waals surface area (Å²) in [5.74, 6) is 0.890. The van der Waals surface area contributed by atoms with Crippen LogP contribution in [-0.4, -0.2) is 40.8 Å². The molecule has 0 unspecified atom stereocenters. The third kappa shape index (κ3) is 6.39. The number of para-hydroxylation sites is 1. The van der Waals surface area contributed by atoms with Gasteiger partial charge in [0.15, 0.2) is 0 Å². The number of ether oxygens (including phenoxy) is 2. The Morgan fingerprint density at radius 1 is 1.14 bits per heavy atom. The number of carbonyl (C=O) groups is 1. The number of rotatable bonds is 10. The van der Waals surface area contributed by atoms with E-state index in [4.69, 9.17) is 9.47 Å². The lowest BCUT2D eigenvalue weighted by molar-refractivity contribution is -0.120. The molecule has 158 valence electrons. The first kappa shape index (κ1) is 22.5. The van der Waals surface area contributed by atoms with Gasteiger partial charge in [-0.1, -0.05) is 25.1 Å². The van der Waals surface area contributed by atoms with Crippen LogP contribution in [0.2, 0.25) is 0 Å². The van der Waals surface area contributed by atoms with Crippen molar-refractivity contribution < 1.29 is 22.7 Å². The number of carbonyl (C=O) groups excluding carboxylic acids is 1. The molecule has 0 aliphatic heterocycles. The summed E-state index contributed by atoms with van der Waals surface area (Å²) in [6.45, 7) is 4.08. The van der Waals surface area contributed by atoms with Crippen molar-refractivity contribution in [2.45, 2.75) is 26.3 Å². The lowest BCUT2D eigenvalue weighted by Gasteiger charge is -2.24. The number of benzene rings is 2. The Morgan fingerprint density at radius 3 is 2.38 bits per heavy atom. The molecule has 1 amide bonds. The SMILES string of the molecule is CCCOc1ccc(N(CC(=O)N[C@H](C)c2ccccc2OC)S(C)(=O)=O)cc1. The van der Waals surface area contributed by atoms with Gasteiger partial charge in [-0.3, -0.25) is 9.10 Å². The number of sulfonamides is 1. The zero-order chi connectivity index (χ0) is 21.4. The highest BCUT2D eigenvalue weighted by molar-refractivity contribution is 7.92. The number of hydrogen-bond acceptors (Lipinski definition) is 5. The summed E-state index contributed by atoms with van der Waals surface area (Å²) in [6.07, 6.45) is 1.95. The van der Waals surface area contributed by atoms with E-state index in [1.54, 1.807) is 31.4 Å². The first-order chi connectivity index (χ1) is 13.8. The van der Waals surface area contributed by atoms with E-state index in [0.717, 1.165) is 22.5 Å². The van der Waals surface area contributed by atoms with Gasteiger partial charge in [0.05, 0.1) is 31.7 Å². The van der Waals surface area contributed by atoms with Crippen molar-refractivity contribution >= 4 is 21.6 Å². The molecule has 0 radical (unpaired) electrons. The molecule has 0 bridgehead atoms. The molecule has 0 saturated carbocycles. The first-order valence-electron chi connectivity index (χ1n) is 9.39. The highest BCUT2D eigenvalue weighted by Gasteiger charge is 2.22. The Labute approximate surface area is 172 Å². The largest absolute Gasteiger partial charge is 0.496 e. The van der Waals surface area contributed by atoms with Crippen molar-refractivity contribution in [3.05, 3.63) is 54.1 Å². The highest BCUT2D eigenvalue weighted by Crippen LogP contribution is 2.25. The van der Waals surface area contributed by atoms with Gasteiger partial charge in [0, 0.05) is 5.56 Å². The Hall–Kier alpha value is -2.74. The molecular weight excluding hydrogens is 392 g/mol. The number of anilines is 1. The molecule has 0 saturated heterocycles. The molecule has 2 rings (SSSR count). The normalized spacial score (nSPS) is 12.1. The minimum Gasteiger partial charge on any atom is -0.496 e. The van der Waals surface area contributed by atoms with E-state index in [2.05, 4.69) is 5.32 Å². The van der Waals surface area contributed by atoms with Crippen LogP contribution in [0.25, 0.3) is 0 Å². The van der Waals surface area contributed by atoms with E-state index in [1.165, 1.54) is 0 Å². The molecule has 0 aromatic heterocycles. The molecule has 0 heterocycles. The van der Waals surface area contributed by atoms with Crippen LogP contribution in [0.5, 0.6) is 11.5 Å². The summed E-state index contributed by atoms with van der Waals surface area (Å²) >= 11 is 0. The second-order valence-corrected chi connectivity index (χ2v) is 8.55. The standard InChI is InChI=1S/C21H28N2O5S/c1-5-14-28-18-12-10-17(11-13-18)23(29(4,25)26)15-21(24)22-16(2)19-8-6-7-9-20(19)27-3/h6-13,16H,5,14-15H2,1-4H3,(H,22,24)/t16-/m1/s1. The van der Waals surface area contributed by atoms with Crippen molar-refractivity contribution in [2.75, 3.05) is 30.8 Å². The molecule has 0 aliphatic rings. The Morgan fingerprint density at radius 2 is 1.79 bits per heavy atom. The Kier molecular flexibility index (Phi) is 7.90. The monoisotopic (exact) mass is 420 g/mol. The number of nitrogens with one attached hydrogen (secondary N) is 1. The Balaban J connectivity index is 2.13. The van der Waals surface area contributed by atoms with Gasteiger partial charge in [0.1, 0.15) is 18.0 Å². The van der Waals surface area contributed by atoms with Gasteiger partial charge in [-0.25, -0.2) is 8.42 Å². The van der Waals surface area contributed by atoms with Crippen LogP contribution < -0.4 is 19.1 Å². The summed E-state index contributed by atoms with van der Waals surface area (Å²) in [4.78, 5) is 12.6. The molecule has 1 N–H and O–H groups in total. The van der Waals surface area contributed by atoms with E-state index in [9.17, 15) is 13.2 Å². The molecule has 2 aromatic rings. The van der Waals surface area contributed by atoms with Gasteiger partial charge < -0.3 is 14.8 Å². The maximum absolute atomic E-state index is 12.6. The number of methoxy groups -OCH3 is 1. The third-order valence-electron chi connectivity index (χ3n) is 4.27. The predicted molar refractivity (Wildman–Crippen MR) is 114 cm³/mol. The Bertz CT molecular complexity index is 913. The minimum atomic E-state index is -3.65. The highest BCUT2D eigenvalue weighted by atomic mass is 32.2. The van der Waals surface area contributed by atoms with Gasteiger partial charge in [-0.05, 0) is 43.7 Å². The molecule has 1 atom stereocenters. The van der Waals surface area contributed by atoms with Crippen molar-refractivity contribution in [1.29, 1.82) is 0 Å². The zero-order valence-electron chi connectivity index (χ0n) is 17.2. The molecular formula is C21H28N2O5S. The fourth-order valence-electron chi connectivity index (χ4n) is 2.85. The van der Waals surface area contributed by atoms with Crippen LogP contribution >= 0.6 is 0 Å². The van der Waals surface area contributed by atoms with E-state index >= 15 is 0 Å². The molecule has 2 aromatic carbocycles. The summed E-state index contributed by atoms with van der Waals surface area (Å²) in [5, 5.41) is 2.83. The maximum Gasteiger partial charge on any atom is 0.241 e. The smallest absolute Gasteiger partial charge is 0.241 e. The fourth-order valence-corrected chi connectivity index (χ4v) is 3.70. The van der Waals surface area contributed by atoms with E-state index < -0.39 is 15.9 Å². The molecule has 0 fully saturated rings. The minimum absolute atomic E-state index is 0.326. The maximum atomic E-state index is 12.6. The topological polar surface area (TPSA) is 84.9 Å². The van der Waals surface area contributed by atoms with Gasteiger partial charge in [0.2, 0.25) is 15.9 Å². The summed E-state index contributed by atoms with van der Waals surface area (Å²) in [5.41, 5.74) is 1.21. The number of hydrogen-bond donors (Lipinski definition) is 1. The third-order valence-corrected chi connectivity index (χ3v) is 5.41. The van der Waals surface area contributed by atoms with Gasteiger partial charge in [-0.15, -0.1) is 0 Å². The van der Waals surface area contributed by atoms with Crippen molar-refractivity contribution in [3.63, 3.8) is 0 Å². The number of nitrogens with zero attached hydrogens (tertiary/aromatic N) is 1. The van der Waals surface area contributed by atoms with Crippen molar-refractivity contribution in [3.8, 4) is 11.5 Å². The average molecular weight is 421 g/mol. The second-order valence-electron chi connectivity index (χ2n) is 6.64. The second kappa shape index (κ2) is 10.2. The molecule has 7 nitrogen and oxygen atoms in total. The summed E-state index contributed by atoms with van der Waals surface area (Å²) in [6, 6.07) is 13.7. The van der Waals surface area contributed by atoms with Crippen LogP contribution in [0.4, 0.5) is 5.69 Å². The van der Waals surface area contributed by atoms with Crippen LogP contribution in [0, 0.1) is 0 Å². The lowest BCUT2D eigenvalue weighted by Crippen LogP contribution is -2.41. The quantitative estimate of drug-likeness (QED) is 0.638.